The van der Waals surface area contributed by atoms with Gasteiger partial charge in [0.2, 0.25) is 0 Å². The van der Waals surface area contributed by atoms with Crippen molar-refractivity contribution in [2.24, 2.45) is 15.9 Å². The fourth-order valence-electron chi connectivity index (χ4n) is 5.20. The van der Waals surface area contributed by atoms with Gasteiger partial charge in [-0.2, -0.15) is 0 Å². The molecule has 0 aromatic carbocycles. The summed E-state index contributed by atoms with van der Waals surface area (Å²) in [5.74, 6) is 0.709. The number of nitrogens with zero attached hydrogens (tertiary/aromatic N) is 2. The lowest BCUT2D eigenvalue weighted by Crippen LogP contribution is -2.36. The third kappa shape index (κ3) is 17.5. The molecular weight excluding hydrogens is 400 g/mol. The van der Waals surface area contributed by atoms with Gasteiger partial charge in [-0.3, -0.25) is 0 Å². The van der Waals surface area contributed by atoms with E-state index in [2.05, 4.69) is 45.6 Å². The van der Waals surface area contributed by atoms with Crippen molar-refractivity contribution >= 4 is 6.01 Å². The van der Waals surface area contributed by atoms with E-state index >= 15 is 0 Å². The summed E-state index contributed by atoms with van der Waals surface area (Å²) >= 11 is 0. The highest BCUT2D eigenvalue weighted by molar-refractivity contribution is 5.42. The fraction of sp³-hybridized carbons (Fsp3) is 0.968. The molecule has 0 saturated carbocycles. The Kier molecular flexibility index (Phi) is 24.0. The first kappa shape index (κ1) is 32.4. The normalized spacial score (nSPS) is 12.5. The third-order valence-electron chi connectivity index (χ3n) is 7.47. The molecule has 0 radical (unpaired) electrons. The molecular formula is C31H62N2. The maximum absolute atomic E-state index is 5.30. The molecule has 0 rings (SSSR count). The van der Waals surface area contributed by atoms with Crippen LogP contribution in [0.2, 0.25) is 0 Å². The first-order chi connectivity index (χ1) is 16.2. The van der Waals surface area contributed by atoms with Crippen LogP contribution in [0, 0.1) is 5.92 Å². The van der Waals surface area contributed by atoms with Crippen molar-refractivity contribution in [2.45, 2.75) is 181 Å². The van der Waals surface area contributed by atoms with Gasteiger partial charge in [0, 0.05) is 6.54 Å². The molecule has 0 N–H and O–H groups in total. The lowest BCUT2D eigenvalue weighted by Gasteiger charge is -2.38. The quantitative estimate of drug-likeness (QED) is 0.0951. The van der Waals surface area contributed by atoms with E-state index in [4.69, 9.17) is 4.99 Å². The Morgan fingerprint density at radius 2 is 0.970 bits per heavy atom. The summed E-state index contributed by atoms with van der Waals surface area (Å²) in [4.78, 5) is 9.98. The van der Waals surface area contributed by atoms with Crippen molar-refractivity contribution < 1.29 is 0 Å². The second-order valence-corrected chi connectivity index (χ2v) is 10.6. The monoisotopic (exact) mass is 462 g/mol. The number of hydrogen-bond donors (Lipinski definition) is 0. The first-order valence-corrected chi connectivity index (χ1v) is 15.3. The van der Waals surface area contributed by atoms with Gasteiger partial charge in [0.1, 0.15) is 0 Å². The van der Waals surface area contributed by atoms with Gasteiger partial charge in [0.05, 0.1) is 11.5 Å². The molecule has 0 aromatic rings. The van der Waals surface area contributed by atoms with E-state index in [1.54, 1.807) is 0 Å². The van der Waals surface area contributed by atoms with E-state index in [-0.39, 0.29) is 5.54 Å². The average Bonchev–Trinajstić information content (AvgIpc) is 2.83. The maximum atomic E-state index is 5.30. The Hall–Kier alpha value is -0.620. The molecule has 0 aromatic heterocycles. The second-order valence-electron chi connectivity index (χ2n) is 10.6. The lowest BCUT2D eigenvalue weighted by atomic mass is 9.72. The number of aliphatic imine (C=N–C) groups is 2. The van der Waals surface area contributed by atoms with E-state index in [0.717, 1.165) is 6.54 Å². The van der Waals surface area contributed by atoms with Gasteiger partial charge in [-0.05, 0) is 38.0 Å². The van der Waals surface area contributed by atoms with E-state index in [0.29, 0.717) is 5.92 Å². The minimum Gasteiger partial charge on any atom is -0.226 e. The van der Waals surface area contributed by atoms with Gasteiger partial charge >= 0.3 is 0 Å². The molecule has 0 amide bonds. The van der Waals surface area contributed by atoms with Gasteiger partial charge in [0.25, 0.3) is 0 Å². The van der Waals surface area contributed by atoms with Crippen molar-refractivity contribution in [3.05, 3.63) is 0 Å². The molecule has 0 saturated heterocycles. The molecule has 0 aliphatic rings. The van der Waals surface area contributed by atoms with Crippen LogP contribution >= 0.6 is 0 Å². The summed E-state index contributed by atoms with van der Waals surface area (Å²) < 4.78 is 0. The Balaban J connectivity index is 5.62. The van der Waals surface area contributed by atoms with Crippen LogP contribution < -0.4 is 0 Å². The van der Waals surface area contributed by atoms with Crippen molar-refractivity contribution in [3.8, 4) is 0 Å². The maximum Gasteiger partial charge on any atom is 0.0898 e. The fourth-order valence-corrected chi connectivity index (χ4v) is 5.20. The molecule has 0 aliphatic heterocycles. The molecule has 2 heteroatoms. The average molecular weight is 463 g/mol. The zero-order valence-corrected chi connectivity index (χ0v) is 23.7. The van der Waals surface area contributed by atoms with Crippen LogP contribution in [-0.2, 0) is 0 Å². The Morgan fingerprint density at radius 1 is 0.515 bits per heavy atom. The molecule has 1 unspecified atom stereocenters. The summed E-state index contributed by atoms with van der Waals surface area (Å²) in [5.41, 5.74) is 0.0792. The molecule has 0 spiro atoms. The van der Waals surface area contributed by atoms with Gasteiger partial charge in [-0.25, -0.2) is 9.98 Å². The van der Waals surface area contributed by atoms with E-state index < -0.39 is 0 Å². The van der Waals surface area contributed by atoms with Crippen LogP contribution in [0.3, 0.4) is 0 Å². The van der Waals surface area contributed by atoms with Crippen molar-refractivity contribution in [2.75, 3.05) is 6.54 Å². The predicted octanol–water partition coefficient (Wildman–Crippen LogP) is 11.2. The second kappa shape index (κ2) is 24.5. The van der Waals surface area contributed by atoms with Crippen LogP contribution in [0.15, 0.2) is 9.98 Å². The summed E-state index contributed by atoms with van der Waals surface area (Å²) in [6, 6.07) is 3.29. The molecule has 2 nitrogen and oxygen atoms in total. The first-order valence-electron chi connectivity index (χ1n) is 15.3. The van der Waals surface area contributed by atoms with Crippen LogP contribution in [-0.4, -0.2) is 18.1 Å². The minimum absolute atomic E-state index is 0.0792. The number of hydrogen-bond acceptors (Lipinski definition) is 2. The molecule has 0 bridgehead atoms. The molecule has 196 valence electrons. The van der Waals surface area contributed by atoms with Gasteiger partial charge in [-0.15, -0.1) is 0 Å². The molecule has 0 heterocycles. The Bertz CT molecular complexity index is 438. The van der Waals surface area contributed by atoms with Crippen LogP contribution in [0.5, 0.6) is 0 Å². The van der Waals surface area contributed by atoms with Gasteiger partial charge in [0.15, 0.2) is 0 Å². The highest BCUT2D eigenvalue weighted by Gasteiger charge is 2.36. The van der Waals surface area contributed by atoms with Crippen LogP contribution in [0.25, 0.3) is 0 Å². The van der Waals surface area contributed by atoms with Gasteiger partial charge in [-0.1, -0.05) is 144 Å². The highest BCUT2D eigenvalue weighted by Crippen LogP contribution is 2.40. The molecule has 33 heavy (non-hydrogen) atoms. The number of rotatable bonds is 25. The standard InChI is InChI=1S/C31H62N2/c1-6-11-16-20-25-30(24-15-10-5)31(26-21-17-12-7-2,27-22-18-13-8-3)33-29-32-28-23-19-14-9-4/h30H,6-28H2,1-5H3. The van der Waals surface area contributed by atoms with Crippen LogP contribution in [0.1, 0.15) is 176 Å². The number of unbranched alkanes of at least 4 members (excludes halogenated alkanes) is 13. The Labute approximate surface area is 209 Å². The topological polar surface area (TPSA) is 24.7 Å². The largest absolute Gasteiger partial charge is 0.226 e. The highest BCUT2D eigenvalue weighted by atomic mass is 14.9. The van der Waals surface area contributed by atoms with Crippen molar-refractivity contribution in [3.63, 3.8) is 0 Å². The summed E-state index contributed by atoms with van der Waals surface area (Å²) in [7, 11) is 0. The summed E-state index contributed by atoms with van der Waals surface area (Å²) in [6.07, 6.45) is 29.0. The van der Waals surface area contributed by atoms with Crippen molar-refractivity contribution in [1.29, 1.82) is 0 Å². The molecule has 0 aliphatic carbocycles. The Morgan fingerprint density at radius 3 is 1.48 bits per heavy atom. The van der Waals surface area contributed by atoms with E-state index in [1.807, 2.05) is 0 Å². The molecule has 0 fully saturated rings. The van der Waals surface area contributed by atoms with Crippen LogP contribution in [0.4, 0.5) is 0 Å². The lowest BCUT2D eigenvalue weighted by molar-refractivity contribution is 0.194. The third-order valence-corrected chi connectivity index (χ3v) is 7.47. The molecule has 1 atom stereocenters. The zero-order valence-electron chi connectivity index (χ0n) is 23.7. The van der Waals surface area contributed by atoms with Crippen molar-refractivity contribution in [1.82, 2.24) is 0 Å². The van der Waals surface area contributed by atoms with E-state index in [9.17, 15) is 0 Å². The summed E-state index contributed by atoms with van der Waals surface area (Å²) in [6.45, 7) is 12.5. The smallest absolute Gasteiger partial charge is 0.0898 e. The SMILES string of the molecule is CCCCCCN=C=NC(CCCCCC)(CCCCCC)C(CCCC)CCCCCC. The summed E-state index contributed by atoms with van der Waals surface area (Å²) in [5, 5.41) is 0. The van der Waals surface area contributed by atoms with E-state index in [1.165, 1.54) is 141 Å². The zero-order chi connectivity index (χ0) is 24.5. The van der Waals surface area contributed by atoms with Gasteiger partial charge < -0.3 is 0 Å². The minimum atomic E-state index is 0.0792. The predicted molar refractivity (Wildman–Crippen MR) is 151 cm³/mol.